The summed E-state index contributed by atoms with van der Waals surface area (Å²) in [5.74, 6) is 0.360. The third-order valence-corrected chi connectivity index (χ3v) is 6.43. The van der Waals surface area contributed by atoms with Crippen LogP contribution in [0.3, 0.4) is 0 Å². The number of hydrogen-bond acceptors (Lipinski definition) is 5. The Bertz CT molecular complexity index is 1170. The smallest absolute Gasteiger partial charge is 0.275 e. The van der Waals surface area contributed by atoms with Gasteiger partial charge in [0.15, 0.2) is 0 Å². The Labute approximate surface area is 172 Å². The van der Waals surface area contributed by atoms with Crippen molar-refractivity contribution < 1.29 is 10.0 Å². The number of nitrogens with zero attached hydrogens (tertiary/aromatic N) is 3. The second-order valence-corrected chi connectivity index (χ2v) is 8.29. The summed E-state index contributed by atoms with van der Waals surface area (Å²) >= 11 is 0. The number of para-hydroxylation sites is 1. The first-order chi connectivity index (χ1) is 14.5. The number of carbonyl (C=O) groups excluding carboxylic acids is 1. The molecule has 1 amide bonds. The Morgan fingerprint density at radius 1 is 1.20 bits per heavy atom. The van der Waals surface area contributed by atoms with Crippen LogP contribution < -0.4 is 10.8 Å². The van der Waals surface area contributed by atoms with E-state index >= 15 is 0 Å². The molecule has 2 atom stereocenters. The molecule has 2 aliphatic heterocycles. The Kier molecular flexibility index (Phi) is 4.60. The lowest BCUT2D eigenvalue weighted by Crippen LogP contribution is -2.49. The van der Waals surface area contributed by atoms with Crippen molar-refractivity contribution >= 4 is 22.5 Å². The van der Waals surface area contributed by atoms with Crippen LogP contribution in [-0.4, -0.2) is 38.7 Å². The van der Waals surface area contributed by atoms with E-state index in [-0.39, 0.29) is 28.7 Å². The first-order valence-electron chi connectivity index (χ1n) is 10.2. The molecule has 1 aromatic carbocycles. The number of H-pyrrole nitrogens is 1. The predicted molar refractivity (Wildman–Crippen MR) is 112 cm³/mol. The van der Waals surface area contributed by atoms with Gasteiger partial charge in [-0.2, -0.15) is 0 Å². The van der Waals surface area contributed by atoms with Crippen LogP contribution >= 0.6 is 0 Å². The maximum Gasteiger partial charge on any atom is 0.275 e. The standard InChI is InChI=1S/C22H23N4O4/c27-21(8-5-15-10-23-18-4-2-1-3-17(15)18)24-11-14-9-16(13-24)19-6-7-20(26(29)30)22(28)25(19)12-14/h1-4,6-7,10,14,16,23,29H,5,8-9,11-13H2/q-1. The number of aromatic nitrogens is 2. The van der Waals surface area contributed by atoms with Crippen molar-refractivity contribution in [1.82, 2.24) is 14.5 Å². The highest BCUT2D eigenvalue weighted by Crippen LogP contribution is 2.36. The number of hydrogen-bond donors (Lipinski definition) is 2. The summed E-state index contributed by atoms with van der Waals surface area (Å²) < 4.78 is 1.59. The van der Waals surface area contributed by atoms with E-state index in [1.54, 1.807) is 10.6 Å². The first kappa shape index (κ1) is 18.9. The van der Waals surface area contributed by atoms with E-state index in [0.717, 1.165) is 28.6 Å². The van der Waals surface area contributed by atoms with Crippen LogP contribution in [-0.2, 0) is 17.8 Å². The number of benzene rings is 1. The van der Waals surface area contributed by atoms with E-state index in [0.29, 0.717) is 32.5 Å². The molecule has 1 saturated heterocycles. The molecule has 3 aromatic rings. The molecule has 4 heterocycles. The van der Waals surface area contributed by atoms with Crippen LogP contribution in [0.2, 0.25) is 0 Å². The number of piperidine rings is 1. The van der Waals surface area contributed by atoms with E-state index in [2.05, 4.69) is 11.1 Å². The van der Waals surface area contributed by atoms with Crippen LogP contribution in [0, 0.1) is 11.1 Å². The van der Waals surface area contributed by atoms with Crippen molar-refractivity contribution in [3.05, 3.63) is 69.4 Å². The van der Waals surface area contributed by atoms with Gasteiger partial charge in [0, 0.05) is 54.8 Å². The van der Waals surface area contributed by atoms with Gasteiger partial charge in [0.2, 0.25) is 5.91 Å². The third-order valence-electron chi connectivity index (χ3n) is 6.43. The quantitative estimate of drug-likeness (QED) is 0.647. The molecule has 5 rings (SSSR count). The molecule has 2 bridgehead atoms. The Balaban J connectivity index is 1.31. The van der Waals surface area contributed by atoms with Crippen molar-refractivity contribution in [3.63, 3.8) is 0 Å². The largest absolute Gasteiger partial charge is 0.733 e. The molecule has 0 spiro atoms. The molecule has 2 unspecified atom stereocenters. The molecule has 0 saturated carbocycles. The fraction of sp³-hybridized carbons (Fsp3) is 0.364. The third kappa shape index (κ3) is 3.18. The highest BCUT2D eigenvalue weighted by Gasteiger charge is 2.36. The van der Waals surface area contributed by atoms with Gasteiger partial charge in [-0.05, 0) is 42.5 Å². The maximum atomic E-state index is 12.9. The number of nitrogens with one attached hydrogen (secondary N) is 1. The lowest BCUT2D eigenvalue weighted by atomic mass is 9.83. The zero-order valence-corrected chi connectivity index (χ0v) is 16.5. The van der Waals surface area contributed by atoms with Crippen LogP contribution in [0.25, 0.3) is 10.9 Å². The molecule has 0 radical (unpaired) electrons. The summed E-state index contributed by atoms with van der Waals surface area (Å²) in [5.41, 5.74) is 2.31. The SMILES string of the molecule is O=C(CCc1c[nH]c2ccccc12)N1CC2CC(C1)c1ccc(N([O-])O)c(=O)n1C2. The highest BCUT2D eigenvalue weighted by molar-refractivity contribution is 5.84. The maximum absolute atomic E-state index is 12.9. The monoisotopic (exact) mass is 407 g/mol. The number of amides is 1. The van der Waals surface area contributed by atoms with Gasteiger partial charge in [-0.25, -0.2) is 0 Å². The van der Waals surface area contributed by atoms with Gasteiger partial charge >= 0.3 is 0 Å². The fourth-order valence-electron chi connectivity index (χ4n) is 5.02. The zero-order valence-electron chi connectivity index (χ0n) is 16.5. The number of likely N-dealkylation sites (tertiary alicyclic amines) is 1. The number of pyridine rings is 1. The van der Waals surface area contributed by atoms with Gasteiger partial charge < -0.3 is 24.9 Å². The minimum absolute atomic E-state index is 0.0649. The molecular formula is C22H23N4O4-. The van der Waals surface area contributed by atoms with Crippen molar-refractivity contribution in [3.8, 4) is 0 Å². The molecule has 156 valence electrons. The summed E-state index contributed by atoms with van der Waals surface area (Å²) in [6.07, 6.45) is 4.03. The summed E-state index contributed by atoms with van der Waals surface area (Å²) in [6, 6.07) is 11.2. The van der Waals surface area contributed by atoms with Gasteiger partial charge in [0.1, 0.15) is 5.69 Å². The number of rotatable bonds is 4. The number of aromatic amines is 1. The summed E-state index contributed by atoms with van der Waals surface area (Å²) in [7, 11) is 0. The zero-order chi connectivity index (χ0) is 20.8. The van der Waals surface area contributed by atoms with Crippen molar-refractivity contribution in [1.29, 1.82) is 0 Å². The Hall–Kier alpha value is -3.10. The number of carbonyl (C=O) groups is 1. The second-order valence-electron chi connectivity index (χ2n) is 8.29. The van der Waals surface area contributed by atoms with E-state index < -0.39 is 5.56 Å². The number of aryl methyl sites for hydroxylation is 1. The van der Waals surface area contributed by atoms with E-state index in [1.165, 1.54) is 6.07 Å². The minimum atomic E-state index is -0.473. The van der Waals surface area contributed by atoms with Gasteiger partial charge in [0.05, 0.1) is 0 Å². The van der Waals surface area contributed by atoms with Gasteiger partial charge in [-0.15, -0.1) is 0 Å². The molecule has 0 aliphatic carbocycles. The van der Waals surface area contributed by atoms with Crippen LogP contribution in [0.4, 0.5) is 5.69 Å². The van der Waals surface area contributed by atoms with Gasteiger partial charge in [0.25, 0.3) is 5.56 Å². The average Bonchev–Trinajstić information content (AvgIpc) is 3.15. The Morgan fingerprint density at radius 3 is 2.87 bits per heavy atom. The molecule has 8 nitrogen and oxygen atoms in total. The van der Waals surface area contributed by atoms with E-state index in [9.17, 15) is 14.8 Å². The molecule has 30 heavy (non-hydrogen) atoms. The average molecular weight is 407 g/mol. The van der Waals surface area contributed by atoms with E-state index in [4.69, 9.17) is 5.21 Å². The van der Waals surface area contributed by atoms with Gasteiger partial charge in [-0.3, -0.25) is 14.8 Å². The molecule has 2 aliphatic rings. The van der Waals surface area contributed by atoms with Crippen molar-refractivity contribution in [2.24, 2.45) is 5.92 Å². The normalized spacial score (nSPS) is 20.3. The number of fused-ring (bicyclic) bond motifs is 5. The van der Waals surface area contributed by atoms with Crippen LogP contribution in [0.5, 0.6) is 0 Å². The Morgan fingerprint density at radius 2 is 2.03 bits per heavy atom. The second kappa shape index (κ2) is 7.30. The lowest BCUT2D eigenvalue weighted by molar-refractivity contribution is -0.133. The highest BCUT2D eigenvalue weighted by atomic mass is 16.8. The molecular weight excluding hydrogens is 384 g/mol. The van der Waals surface area contributed by atoms with Crippen LogP contribution in [0.15, 0.2) is 47.4 Å². The lowest BCUT2D eigenvalue weighted by Gasteiger charge is -2.43. The molecule has 2 N–H and O–H groups in total. The van der Waals surface area contributed by atoms with Crippen molar-refractivity contribution in [2.45, 2.75) is 31.7 Å². The molecule has 2 aromatic heterocycles. The molecule has 1 fully saturated rings. The van der Waals surface area contributed by atoms with Crippen LogP contribution in [0.1, 0.15) is 30.0 Å². The number of anilines is 1. The molecule has 8 heteroatoms. The minimum Gasteiger partial charge on any atom is -0.733 e. The fourth-order valence-corrected chi connectivity index (χ4v) is 5.02. The summed E-state index contributed by atoms with van der Waals surface area (Å²) in [4.78, 5) is 30.6. The first-order valence-corrected chi connectivity index (χ1v) is 10.2. The summed E-state index contributed by atoms with van der Waals surface area (Å²) in [5, 5.41) is 21.1. The van der Waals surface area contributed by atoms with Gasteiger partial charge in [-0.1, -0.05) is 18.2 Å². The van der Waals surface area contributed by atoms with E-state index in [1.807, 2.05) is 29.3 Å². The summed E-state index contributed by atoms with van der Waals surface area (Å²) in [6.45, 7) is 1.64. The topological polar surface area (TPSA) is 105 Å². The predicted octanol–water partition coefficient (Wildman–Crippen LogP) is 2.60. The van der Waals surface area contributed by atoms with Crippen molar-refractivity contribution in [2.75, 3.05) is 18.3 Å².